The fourth-order valence-corrected chi connectivity index (χ4v) is 3.46. The van der Waals surface area contributed by atoms with E-state index in [4.69, 9.17) is 0 Å². The van der Waals surface area contributed by atoms with Gasteiger partial charge in [-0.25, -0.2) is 13.9 Å². The number of nitrogens with zero attached hydrogens (tertiary/aromatic N) is 4. The Hall–Kier alpha value is -4.14. The van der Waals surface area contributed by atoms with E-state index in [9.17, 15) is 14.0 Å². The average Bonchev–Trinajstić information content (AvgIpc) is 3.35. The van der Waals surface area contributed by atoms with E-state index in [0.29, 0.717) is 29.0 Å². The van der Waals surface area contributed by atoms with Gasteiger partial charge in [-0.15, -0.1) is 0 Å². The van der Waals surface area contributed by atoms with E-state index in [2.05, 4.69) is 25.7 Å². The van der Waals surface area contributed by atoms with Crippen LogP contribution in [0.2, 0.25) is 0 Å². The van der Waals surface area contributed by atoms with Crippen molar-refractivity contribution < 1.29 is 14.0 Å². The lowest BCUT2D eigenvalue weighted by molar-refractivity contribution is 0.0940. The zero-order valence-corrected chi connectivity index (χ0v) is 17.1. The molecule has 1 fully saturated rings. The second-order valence-corrected chi connectivity index (χ2v) is 7.58. The lowest BCUT2D eigenvalue weighted by Crippen LogP contribution is -2.28. The minimum atomic E-state index is -0.989. The number of carbonyl (C=O) groups is 2. The maximum absolute atomic E-state index is 13.2. The predicted molar refractivity (Wildman–Crippen MR) is 117 cm³/mol. The molecule has 2 atom stereocenters. The van der Waals surface area contributed by atoms with Crippen LogP contribution in [-0.2, 0) is 0 Å². The molecule has 0 bridgehead atoms. The second-order valence-electron chi connectivity index (χ2n) is 7.58. The van der Waals surface area contributed by atoms with Gasteiger partial charge in [-0.1, -0.05) is 24.3 Å². The summed E-state index contributed by atoms with van der Waals surface area (Å²) in [7, 11) is 1.77. The SMILES string of the molecule is CNc1cc(-c2ccc(-c3ccc(C=O)cn3)cc2)nn2c(C(=O)N[C@@H]3C[C@@H]3F)cnc12. The Kier molecular flexibility index (Phi) is 4.85. The van der Waals surface area contributed by atoms with E-state index < -0.39 is 18.1 Å². The Balaban J connectivity index is 1.49. The molecule has 1 aliphatic carbocycles. The number of pyridine rings is 1. The van der Waals surface area contributed by atoms with Gasteiger partial charge in [0, 0.05) is 36.4 Å². The van der Waals surface area contributed by atoms with Crippen LogP contribution in [0.15, 0.2) is 54.9 Å². The predicted octanol–water partition coefficient (Wildman–Crippen LogP) is 3.15. The van der Waals surface area contributed by atoms with Crippen molar-refractivity contribution in [2.75, 3.05) is 12.4 Å². The smallest absolute Gasteiger partial charge is 0.271 e. The van der Waals surface area contributed by atoms with Crippen molar-refractivity contribution in [3.05, 3.63) is 66.1 Å². The van der Waals surface area contributed by atoms with Gasteiger partial charge in [0.2, 0.25) is 0 Å². The van der Waals surface area contributed by atoms with Gasteiger partial charge in [0.1, 0.15) is 6.17 Å². The number of alkyl halides is 1. The van der Waals surface area contributed by atoms with Gasteiger partial charge in [0.25, 0.3) is 5.91 Å². The maximum Gasteiger partial charge on any atom is 0.271 e. The summed E-state index contributed by atoms with van der Waals surface area (Å²) in [4.78, 5) is 32.0. The molecule has 0 unspecified atom stereocenters. The first-order chi connectivity index (χ1) is 15.6. The van der Waals surface area contributed by atoms with Crippen LogP contribution in [0.25, 0.3) is 28.2 Å². The summed E-state index contributed by atoms with van der Waals surface area (Å²) in [5, 5.41) is 10.4. The molecule has 5 rings (SSSR count). The molecule has 1 aliphatic rings. The molecule has 0 spiro atoms. The number of hydrogen-bond acceptors (Lipinski definition) is 6. The summed E-state index contributed by atoms with van der Waals surface area (Å²) in [6, 6.07) is 12.6. The minimum Gasteiger partial charge on any atom is -0.385 e. The van der Waals surface area contributed by atoms with E-state index in [1.54, 1.807) is 19.2 Å². The van der Waals surface area contributed by atoms with Crippen molar-refractivity contribution in [2.24, 2.45) is 0 Å². The fourth-order valence-electron chi connectivity index (χ4n) is 3.46. The molecular weight excluding hydrogens is 411 g/mol. The van der Waals surface area contributed by atoms with Crippen molar-refractivity contribution >= 4 is 23.5 Å². The average molecular weight is 430 g/mol. The van der Waals surface area contributed by atoms with Gasteiger partial charge in [0.15, 0.2) is 17.6 Å². The molecule has 1 aromatic carbocycles. The zero-order valence-electron chi connectivity index (χ0n) is 17.1. The number of rotatable bonds is 6. The van der Waals surface area contributed by atoms with Crippen LogP contribution in [0.4, 0.5) is 10.1 Å². The van der Waals surface area contributed by atoms with Crippen LogP contribution in [0.3, 0.4) is 0 Å². The molecule has 9 heteroatoms. The lowest BCUT2D eigenvalue weighted by atomic mass is 10.1. The quantitative estimate of drug-likeness (QED) is 0.456. The van der Waals surface area contributed by atoms with Crippen LogP contribution in [0, 0.1) is 0 Å². The zero-order chi connectivity index (χ0) is 22.2. The Morgan fingerprint density at radius 1 is 1.09 bits per heavy atom. The third kappa shape index (κ3) is 3.58. The number of aldehydes is 1. The van der Waals surface area contributed by atoms with Crippen LogP contribution >= 0.6 is 0 Å². The van der Waals surface area contributed by atoms with Crippen molar-refractivity contribution in [1.82, 2.24) is 24.9 Å². The van der Waals surface area contributed by atoms with Crippen molar-refractivity contribution in [3.8, 4) is 22.5 Å². The molecule has 3 aromatic heterocycles. The van der Waals surface area contributed by atoms with E-state index in [-0.39, 0.29) is 5.69 Å². The molecular formula is C23H19FN6O2. The van der Waals surface area contributed by atoms with Gasteiger partial charge in [-0.2, -0.15) is 5.10 Å². The number of amides is 1. The minimum absolute atomic E-state index is 0.244. The number of nitrogens with one attached hydrogen (secondary N) is 2. The first kappa shape index (κ1) is 19.8. The van der Waals surface area contributed by atoms with E-state index >= 15 is 0 Å². The molecule has 2 N–H and O–H groups in total. The van der Waals surface area contributed by atoms with Crippen LogP contribution in [0.1, 0.15) is 27.3 Å². The van der Waals surface area contributed by atoms with Crippen molar-refractivity contribution in [2.45, 2.75) is 18.6 Å². The summed E-state index contributed by atoms with van der Waals surface area (Å²) in [5.74, 6) is -0.408. The first-order valence-electron chi connectivity index (χ1n) is 10.1. The standard InChI is InChI=1S/C23H19FN6O2/c1-25-20-9-18(15-5-3-14(4-6-15)17-7-2-13(12-31)10-26-17)29-30-21(11-27-22(20)30)23(32)28-19-8-16(19)24/h2-7,9-12,16,19,25H,8H2,1H3,(H,28,32)/t16-,19+/m0/s1. The number of aromatic nitrogens is 4. The Morgan fingerprint density at radius 2 is 1.81 bits per heavy atom. The highest BCUT2D eigenvalue weighted by atomic mass is 19.1. The number of hydrogen-bond donors (Lipinski definition) is 2. The van der Waals surface area contributed by atoms with Gasteiger partial charge < -0.3 is 10.6 Å². The molecule has 160 valence electrons. The number of imidazole rings is 1. The monoisotopic (exact) mass is 430 g/mol. The number of anilines is 1. The molecule has 1 saturated carbocycles. The van der Waals surface area contributed by atoms with Crippen LogP contribution in [-0.4, -0.2) is 51.0 Å². The summed E-state index contributed by atoms with van der Waals surface area (Å²) >= 11 is 0. The number of halogens is 1. The molecule has 4 aromatic rings. The highest BCUT2D eigenvalue weighted by molar-refractivity contribution is 5.94. The van der Waals surface area contributed by atoms with Crippen molar-refractivity contribution in [3.63, 3.8) is 0 Å². The Labute approximate surface area is 182 Å². The maximum atomic E-state index is 13.2. The topological polar surface area (TPSA) is 101 Å². The van der Waals surface area contributed by atoms with Crippen LogP contribution in [0.5, 0.6) is 0 Å². The van der Waals surface area contributed by atoms with Gasteiger partial charge in [0.05, 0.1) is 29.3 Å². The van der Waals surface area contributed by atoms with E-state index in [0.717, 1.165) is 23.1 Å². The summed E-state index contributed by atoms with van der Waals surface area (Å²) in [5.41, 5.74) is 5.10. The summed E-state index contributed by atoms with van der Waals surface area (Å²) < 4.78 is 14.7. The normalized spacial score (nSPS) is 17.2. The largest absolute Gasteiger partial charge is 0.385 e. The lowest BCUT2D eigenvalue weighted by Gasteiger charge is -2.09. The molecule has 8 nitrogen and oxygen atoms in total. The van der Waals surface area contributed by atoms with E-state index in [1.807, 2.05) is 30.3 Å². The summed E-state index contributed by atoms with van der Waals surface area (Å²) in [6.45, 7) is 0. The number of benzene rings is 1. The van der Waals surface area contributed by atoms with Crippen LogP contribution < -0.4 is 10.6 Å². The van der Waals surface area contributed by atoms with E-state index in [1.165, 1.54) is 16.9 Å². The second kappa shape index (κ2) is 7.84. The molecule has 0 saturated heterocycles. The summed E-state index contributed by atoms with van der Waals surface area (Å²) in [6.07, 6.45) is 3.07. The Morgan fingerprint density at radius 3 is 2.41 bits per heavy atom. The molecule has 3 heterocycles. The van der Waals surface area contributed by atoms with Gasteiger partial charge in [-0.3, -0.25) is 14.6 Å². The van der Waals surface area contributed by atoms with Crippen molar-refractivity contribution in [1.29, 1.82) is 0 Å². The fraction of sp³-hybridized carbons (Fsp3) is 0.174. The van der Waals surface area contributed by atoms with Gasteiger partial charge in [-0.05, 0) is 18.2 Å². The molecule has 1 amide bonds. The Bertz CT molecular complexity index is 1320. The first-order valence-corrected chi connectivity index (χ1v) is 10.1. The highest BCUT2D eigenvalue weighted by Gasteiger charge is 2.39. The molecule has 0 radical (unpaired) electrons. The highest BCUT2D eigenvalue weighted by Crippen LogP contribution is 2.28. The third-order valence-corrected chi connectivity index (χ3v) is 5.40. The van der Waals surface area contributed by atoms with Gasteiger partial charge >= 0.3 is 0 Å². The third-order valence-electron chi connectivity index (χ3n) is 5.40. The number of carbonyl (C=O) groups excluding carboxylic acids is 2. The molecule has 32 heavy (non-hydrogen) atoms. The number of fused-ring (bicyclic) bond motifs is 1. The molecule has 0 aliphatic heterocycles.